The Morgan fingerprint density at radius 3 is 1.86 bits per heavy atom. The third-order valence-electron chi connectivity index (χ3n) is 7.51. The topological polar surface area (TPSA) is 23.4 Å². The van der Waals surface area contributed by atoms with Gasteiger partial charge in [0, 0.05) is 20.9 Å². The molecule has 0 radical (unpaired) electrons. The number of nitrogens with zero attached hydrogens (tertiary/aromatic N) is 1. The summed E-state index contributed by atoms with van der Waals surface area (Å²) in [6, 6.07) is 30.8. The van der Waals surface area contributed by atoms with Crippen molar-refractivity contribution in [1.82, 2.24) is 4.57 Å². The molecule has 1 heterocycles. The molecule has 4 heteroatoms. The molecule has 3 nitrogen and oxygen atoms in total. The maximum atomic E-state index is 5.54. The van der Waals surface area contributed by atoms with Crippen LogP contribution in [-0.2, 0) is 12.8 Å². The van der Waals surface area contributed by atoms with Crippen LogP contribution in [0.1, 0.15) is 22.3 Å². The Balaban J connectivity index is 1.42. The highest BCUT2D eigenvalue weighted by Crippen LogP contribution is 2.38. The molecular weight excluding hydrogens is 510 g/mol. The molecule has 0 N–H and O–H groups in total. The molecule has 0 amide bonds. The number of methoxy groups -OCH3 is 2. The molecule has 0 fully saturated rings. The fourth-order valence-corrected chi connectivity index (χ4v) is 6.11. The minimum absolute atomic E-state index is 0.849. The van der Waals surface area contributed by atoms with Crippen LogP contribution in [0.4, 0.5) is 0 Å². The number of ether oxygens (including phenoxy) is 2. The Bertz CT molecular complexity index is 1770. The van der Waals surface area contributed by atoms with Crippen LogP contribution in [0.25, 0.3) is 38.3 Å². The molecule has 0 aliphatic heterocycles. The summed E-state index contributed by atoms with van der Waals surface area (Å²) in [6.45, 7) is 0. The normalized spacial score (nSPS) is 12.6. The first-order chi connectivity index (χ1) is 17.6. The standard InChI is InChI=1S/C32H24BrNO2/c1-35-27-7-9-31-29(17-27)30-18-28(36-2)8-10-32(30)34(31)26-6-4-20-12-21-13-23-15-25(33)5-3-19(23)11-22(21)14-24(20)16-26/h3-10,12,14-18H,11,13H2,1-2H3. The van der Waals surface area contributed by atoms with Gasteiger partial charge in [0.2, 0.25) is 0 Å². The van der Waals surface area contributed by atoms with Crippen LogP contribution in [0.5, 0.6) is 11.5 Å². The lowest BCUT2D eigenvalue weighted by molar-refractivity contribution is 0.415. The van der Waals surface area contributed by atoms with Crippen LogP contribution in [0.15, 0.2) is 89.4 Å². The third-order valence-corrected chi connectivity index (χ3v) is 8.00. The molecule has 0 bridgehead atoms. The Hall–Kier alpha value is -3.76. The van der Waals surface area contributed by atoms with Crippen molar-refractivity contribution in [2.75, 3.05) is 14.2 Å². The van der Waals surface area contributed by atoms with Crippen molar-refractivity contribution in [3.05, 3.63) is 112 Å². The van der Waals surface area contributed by atoms with Crippen molar-refractivity contribution in [1.29, 1.82) is 0 Å². The number of benzene rings is 5. The van der Waals surface area contributed by atoms with Gasteiger partial charge in [-0.1, -0.05) is 40.2 Å². The van der Waals surface area contributed by atoms with E-state index < -0.39 is 0 Å². The van der Waals surface area contributed by atoms with E-state index in [1.165, 1.54) is 33.0 Å². The molecule has 0 spiro atoms. The van der Waals surface area contributed by atoms with Crippen molar-refractivity contribution in [2.24, 2.45) is 0 Å². The van der Waals surface area contributed by atoms with Crippen LogP contribution in [0.2, 0.25) is 0 Å². The molecule has 36 heavy (non-hydrogen) atoms. The molecular formula is C32H24BrNO2. The molecule has 0 saturated heterocycles. The summed E-state index contributed by atoms with van der Waals surface area (Å²) in [4.78, 5) is 0. The van der Waals surface area contributed by atoms with Gasteiger partial charge in [0.1, 0.15) is 11.5 Å². The Labute approximate surface area is 218 Å². The number of hydrogen-bond acceptors (Lipinski definition) is 2. The van der Waals surface area contributed by atoms with Crippen molar-refractivity contribution in [3.63, 3.8) is 0 Å². The first-order valence-corrected chi connectivity index (χ1v) is 12.9. The molecule has 6 aromatic rings. The van der Waals surface area contributed by atoms with E-state index >= 15 is 0 Å². The largest absolute Gasteiger partial charge is 0.497 e. The van der Waals surface area contributed by atoms with Crippen LogP contribution in [-0.4, -0.2) is 18.8 Å². The van der Waals surface area contributed by atoms with Crippen molar-refractivity contribution < 1.29 is 9.47 Å². The second-order valence-corrected chi connectivity index (χ2v) is 10.4. The first-order valence-electron chi connectivity index (χ1n) is 12.1. The highest BCUT2D eigenvalue weighted by atomic mass is 79.9. The average Bonchev–Trinajstić information content (AvgIpc) is 3.23. The van der Waals surface area contributed by atoms with Gasteiger partial charge in [-0.25, -0.2) is 0 Å². The molecule has 0 unspecified atom stereocenters. The molecule has 1 aromatic heterocycles. The SMILES string of the molecule is COc1ccc2c(c1)c1cc(OC)ccc1n2-c1ccc2cc3c(cc2c1)Cc1ccc(Br)cc1C3. The molecule has 5 aromatic carbocycles. The van der Waals surface area contributed by atoms with Gasteiger partial charge >= 0.3 is 0 Å². The lowest BCUT2D eigenvalue weighted by atomic mass is 9.84. The Morgan fingerprint density at radius 2 is 1.19 bits per heavy atom. The van der Waals surface area contributed by atoms with E-state index in [9.17, 15) is 0 Å². The molecule has 0 atom stereocenters. The third kappa shape index (κ3) is 3.32. The lowest BCUT2D eigenvalue weighted by Gasteiger charge is -2.21. The first kappa shape index (κ1) is 21.5. The molecule has 7 rings (SSSR count). The summed E-state index contributed by atoms with van der Waals surface area (Å²) in [5, 5.41) is 4.84. The van der Waals surface area contributed by atoms with Crippen molar-refractivity contribution in [2.45, 2.75) is 12.8 Å². The zero-order valence-electron chi connectivity index (χ0n) is 20.1. The molecule has 176 valence electrons. The maximum Gasteiger partial charge on any atom is 0.119 e. The van der Waals surface area contributed by atoms with Crippen LogP contribution >= 0.6 is 15.9 Å². The second kappa shape index (κ2) is 8.14. The number of rotatable bonds is 3. The van der Waals surface area contributed by atoms with E-state index in [0.29, 0.717) is 0 Å². The second-order valence-electron chi connectivity index (χ2n) is 9.52. The van der Waals surface area contributed by atoms with Gasteiger partial charge in [0.15, 0.2) is 0 Å². The summed E-state index contributed by atoms with van der Waals surface area (Å²) in [7, 11) is 3.42. The van der Waals surface area contributed by atoms with Crippen LogP contribution in [0.3, 0.4) is 0 Å². The quantitative estimate of drug-likeness (QED) is 0.228. The van der Waals surface area contributed by atoms with E-state index in [1.54, 1.807) is 14.2 Å². The lowest BCUT2D eigenvalue weighted by Crippen LogP contribution is -2.07. The Morgan fingerprint density at radius 1 is 0.583 bits per heavy atom. The predicted octanol–water partition coefficient (Wildman–Crippen LogP) is 8.21. The summed E-state index contributed by atoms with van der Waals surface area (Å²) in [5.74, 6) is 1.70. The van der Waals surface area contributed by atoms with Gasteiger partial charge in [-0.2, -0.15) is 0 Å². The average molecular weight is 534 g/mol. The van der Waals surface area contributed by atoms with Gasteiger partial charge in [0.25, 0.3) is 0 Å². The predicted molar refractivity (Wildman–Crippen MR) is 151 cm³/mol. The smallest absolute Gasteiger partial charge is 0.119 e. The maximum absolute atomic E-state index is 5.54. The van der Waals surface area contributed by atoms with E-state index in [2.05, 4.69) is 93.3 Å². The van der Waals surface area contributed by atoms with Gasteiger partial charge < -0.3 is 14.0 Å². The monoisotopic (exact) mass is 533 g/mol. The number of hydrogen-bond donors (Lipinski definition) is 0. The van der Waals surface area contributed by atoms with Crippen molar-refractivity contribution >= 4 is 48.5 Å². The zero-order valence-corrected chi connectivity index (χ0v) is 21.7. The van der Waals surface area contributed by atoms with Gasteiger partial charge in [0.05, 0.1) is 25.3 Å². The van der Waals surface area contributed by atoms with E-state index in [-0.39, 0.29) is 0 Å². The highest BCUT2D eigenvalue weighted by molar-refractivity contribution is 9.10. The minimum Gasteiger partial charge on any atom is -0.497 e. The fraction of sp³-hybridized carbons (Fsp3) is 0.125. The minimum atomic E-state index is 0.849. The van der Waals surface area contributed by atoms with Gasteiger partial charge in [-0.3, -0.25) is 0 Å². The molecule has 1 aliphatic carbocycles. The van der Waals surface area contributed by atoms with Gasteiger partial charge in [-0.05, 0) is 107 Å². The summed E-state index contributed by atoms with van der Waals surface area (Å²) < 4.78 is 14.6. The molecule has 0 saturated carbocycles. The zero-order chi connectivity index (χ0) is 24.4. The van der Waals surface area contributed by atoms with Gasteiger partial charge in [-0.15, -0.1) is 0 Å². The number of fused-ring (bicyclic) bond motifs is 6. The number of aromatic nitrogens is 1. The van der Waals surface area contributed by atoms with E-state index in [1.807, 2.05) is 12.1 Å². The van der Waals surface area contributed by atoms with E-state index in [0.717, 1.165) is 56.3 Å². The van der Waals surface area contributed by atoms with Crippen LogP contribution in [0, 0.1) is 0 Å². The fourth-order valence-electron chi connectivity index (χ4n) is 5.70. The van der Waals surface area contributed by atoms with Crippen molar-refractivity contribution in [3.8, 4) is 17.2 Å². The highest BCUT2D eigenvalue weighted by Gasteiger charge is 2.18. The Kier molecular flexibility index (Phi) is 4.87. The summed E-state index contributed by atoms with van der Waals surface area (Å²) in [5.41, 5.74) is 9.14. The summed E-state index contributed by atoms with van der Waals surface area (Å²) >= 11 is 3.63. The van der Waals surface area contributed by atoms with E-state index in [4.69, 9.17) is 9.47 Å². The molecule has 1 aliphatic rings. The number of halogens is 1. The van der Waals surface area contributed by atoms with Crippen LogP contribution < -0.4 is 9.47 Å². The summed E-state index contributed by atoms with van der Waals surface area (Å²) in [6.07, 6.45) is 1.96.